The fraction of sp³-hybridized carbons (Fsp3) is 0.375. The van der Waals surface area contributed by atoms with E-state index < -0.39 is 6.09 Å². The van der Waals surface area contributed by atoms with Crippen molar-refractivity contribution in [1.29, 1.82) is 0 Å². The van der Waals surface area contributed by atoms with E-state index in [-0.39, 0.29) is 6.54 Å². The summed E-state index contributed by atoms with van der Waals surface area (Å²) in [5.41, 5.74) is 0. The topological polar surface area (TPSA) is 56.5 Å². The number of carbonyl (C=O) groups is 1. The summed E-state index contributed by atoms with van der Waals surface area (Å²) in [4.78, 5) is 11.6. The van der Waals surface area contributed by atoms with Gasteiger partial charge in [0.15, 0.2) is 0 Å². The fourth-order valence-electron chi connectivity index (χ4n) is 0.896. The molecule has 4 nitrogen and oxygen atoms in total. The number of nitrogens with zero attached hydrogens (tertiary/aromatic N) is 1. The second-order valence-corrected chi connectivity index (χ2v) is 2.36. The first-order valence-corrected chi connectivity index (χ1v) is 3.72. The van der Waals surface area contributed by atoms with Gasteiger partial charge in [-0.25, -0.2) is 0 Å². The van der Waals surface area contributed by atoms with Crippen LogP contribution in [0.3, 0.4) is 0 Å². The van der Waals surface area contributed by atoms with E-state index in [1.807, 2.05) is 0 Å². The van der Waals surface area contributed by atoms with E-state index in [1.54, 1.807) is 19.1 Å². The van der Waals surface area contributed by atoms with Crippen molar-refractivity contribution in [3.63, 3.8) is 0 Å². The molecule has 0 atom stereocenters. The molecule has 1 heterocycles. The minimum atomic E-state index is -1.17. The molecule has 0 N–H and O–H groups in total. The molecular formula is C8H10NO3-. The van der Waals surface area contributed by atoms with Gasteiger partial charge in [0.05, 0.1) is 12.8 Å². The lowest BCUT2D eigenvalue weighted by atomic mass is 10.4. The highest BCUT2D eigenvalue weighted by molar-refractivity contribution is 5.62. The monoisotopic (exact) mass is 168 g/mol. The Morgan fingerprint density at radius 2 is 2.50 bits per heavy atom. The molecule has 1 rings (SSSR count). The third-order valence-corrected chi connectivity index (χ3v) is 1.57. The largest absolute Gasteiger partial charge is 0.530 e. The molecule has 0 aliphatic rings. The summed E-state index contributed by atoms with van der Waals surface area (Å²) in [7, 11) is 0. The minimum Gasteiger partial charge on any atom is -0.530 e. The predicted octanol–water partition coefficient (Wildman–Crippen LogP) is 0.445. The van der Waals surface area contributed by atoms with Crippen LogP contribution in [-0.2, 0) is 6.54 Å². The summed E-state index contributed by atoms with van der Waals surface area (Å²) < 4.78 is 4.98. The Morgan fingerprint density at radius 3 is 2.92 bits per heavy atom. The third-order valence-electron chi connectivity index (χ3n) is 1.57. The number of rotatable bonds is 3. The molecule has 0 fully saturated rings. The van der Waals surface area contributed by atoms with Crippen LogP contribution in [0.15, 0.2) is 22.8 Å². The average molecular weight is 168 g/mol. The molecule has 12 heavy (non-hydrogen) atoms. The van der Waals surface area contributed by atoms with Gasteiger partial charge < -0.3 is 19.2 Å². The zero-order chi connectivity index (χ0) is 8.97. The zero-order valence-electron chi connectivity index (χ0n) is 6.82. The third kappa shape index (κ3) is 2.02. The lowest BCUT2D eigenvalue weighted by Gasteiger charge is -2.21. The Morgan fingerprint density at radius 1 is 1.75 bits per heavy atom. The smallest absolute Gasteiger partial charge is 0.137 e. The zero-order valence-corrected chi connectivity index (χ0v) is 6.82. The molecular weight excluding hydrogens is 158 g/mol. The summed E-state index contributed by atoms with van der Waals surface area (Å²) in [6, 6.07) is 3.45. The highest BCUT2D eigenvalue weighted by atomic mass is 16.4. The van der Waals surface area contributed by atoms with Gasteiger partial charge in [0.2, 0.25) is 0 Å². The van der Waals surface area contributed by atoms with Gasteiger partial charge in [-0.15, -0.1) is 0 Å². The molecule has 1 amide bonds. The number of hydrogen-bond donors (Lipinski definition) is 0. The van der Waals surface area contributed by atoms with Gasteiger partial charge in [0.25, 0.3) is 0 Å². The van der Waals surface area contributed by atoms with Crippen molar-refractivity contribution in [2.24, 2.45) is 0 Å². The number of furan rings is 1. The predicted molar refractivity (Wildman–Crippen MR) is 40.2 cm³/mol. The van der Waals surface area contributed by atoms with Gasteiger partial charge in [-0.3, -0.25) is 0 Å². The normalized spacial score (nSPS) is 9.75. The van der Waals surface area contributed by atoms with E-state index >= 15 is 0 Å². The molecule has 4 heteroatoms. The van der Waals surface area contributed by atoms with Crippen LogP contribution in [0.2, 0.25) is 0 Å². The first kappa shape index (κ1) is 8.64. The van der Waals surface area contributed by atoms with Gasteiger partial charge in [0, 0.05) is 6.54 Å². The molecule has 1 aromatic heterocycles. The van der Waals surface area contributed by atoms with Crippen molar-refractivity contribution in [3.05, 3.63) is 24.2 Å². The van der Waals surface area contributed by atoms with Crippen molar-refractivity contribution in [2.75, 3.05) is 6.54 Å². The van der Waals surface area contributed by atoms with Gasteiger partial charge in [-0.05, 0) is 19.1 Å². The molecule has 0 aliphatic carbocycles. The van der Waals surface area contributed by atoms with Crippen molar-refractivity contribution in [1.82, 2.24) is 4.90 Å². The number of amides is 1. The van der Waals surface area contributed by atoms with E-state index in [2.05, 4.69) is 0 Å². The van der Waals surface area contributed by atoms with E-state index in [4.69, 9.17) is 4.42 Å². The average Bonchev–Trinajstić information content (AvgIpc) is 2.51. The van der Waals surface area contributed by atoms with Crippen LogP contribution in [0, 0.1) is 0 Å². The maximum Gasteiger partial charge on any atom is 0.137 e. The van der Waals surface area contributed by atoms with Crippen molar-refractivity contribution < 1.29 is 14.3 Å². The first-order chi connectivity index (χ1) is 5.74. The van der Waals surface area contributed by atoms with Gasteiger partial charge in [-0.2, -0.15) is 0 Å². The molecule has 0 radical (unpaired) electrons. The summed E-state index contributed by atoms with van der Waals surface area (Å²) in [5.74, 6) is 0.626. The molecule has 0 aromatic carbocycles. The molecule has 0 aliphatic heterocycles. The Hall–Kier alpha value is -1.45. The molecule has 0 spiro atoms. The standard InChI is InChI=1S/C8H11NO3/c1-2-9(8(10)11)6-7-4-3-5-12-7/h3-5H,2,6H2,1H3,(H,10,11)/p-1. The lowest BCUT2D eigenvalue weighted by Crippen LogP contribution is -2.40. The molecule has 1 aromatic rings. The van der Waals surface area contributed by atoms with Crippen LogP contribution < -0.4 is 5.11 Å². The van der Waals surface area contributed by atoms with Gasteiger partial charge in [-0.1, -0.05) is 0 Å². The highest BCUT2D eigenvalue weighted by Crippen LogP contribution is 2.04. The lowest BCUT2D eigenvalue weighted by molar-refractivity contribution is -0.266. The van der Waals surface area contributed by atoms with Crippen molar-refractivity contribution in [2.45, 2.75) is 13.5 Å². The molecule has 66 valence electrons. The fourth-order valence-corrected chi connectivity index (χ4v) is 0.896. The SMILES string of the molecule is CCN(Cc1ccco1)C(=O)[O-]. The summed E-state index contributed by atoms with van der Waals surface area (Å²) in [6.07, 6.45) is 0.340. The van der Waals surface area contributed by atoms with Crippen molar-refractivity contribution in [3.8, 4) is 0 Å². The minimum absolute atomic E-state index is 0.256. The van der Waals surface area contributed by atoms with Gasteiger partial charge in [0.1, 0.15) is 11.9 Å². The maximum atomic E-state index is 10.4. The summed E-state index contributed by atoms with van der Waals surface area (Å²) in [6.45, 7) is 2.41. The second kappa shape index (κ2) is 3.80. The van der Waals surface area contributed by atoms with Gasteiger partial charge >= 0.3 is 0 Å². The van der Waals surface area contributed by atoms with Crippen LogP contribution in [0.1, 0.15) is 12.7 Å². The van der Waals surface area contributed by atoms with E-state index in [0.29, 0.717) is 12.3 Å². The number of hydrogen-bond acceptors (Lipinski definition) is 3. The van der Waals surface area contributed by atoms with Crippen LogP contribution in [0.25, 0.3) is 0 Å². The van der Waals surface area contributed by atoms with E-state index in [0.717, 1.165) is 0 Å². The first-order valence-electron chi connectivity index (χ1n) is 3.72. The Balaban J connectivity index is 2.54. The Labute approximate surface area is 70.4 Å². The second-order valence-electron chi connectivity index (χ2n) is 2.36. The van der Waals surface area contributed by atoms with E-state index in [1.165, 1.54) is 11.2 Å². The Kier molecular flexibility index (Phi) is 2.74. The van der Waals surface area contributed by atoms with Crippen molar-refractivity contribution >= 4 is 6.09 Å². The van der Waals surface area contributed by atoms with Crippen LogP contribution >= 0.6 is 0 Å². The van der Waals surface area contributed by atoms with Crippen LogP contribution in [0.5, 0.6) is 0 Å². The molecule has 0 saturated carbocycles. The number of carbonyl (C=O) groups excluding carboxylic acids is 1. The molecule has 0 bridgehead atoms. The van der Waals surface area contributed by atoms with Crippen LogP contribution in [-0.4, -0.2) is 17.5 Å². The maximum absolute atomic E-state index is 10.4. The molecule has 0 saturated heterocycles. The summed E-state index contributed by atoms with van der Waals surface area (Å²) >= 11 is 0. The van der Waals surface area contributed by atoms with E-state index in [9.17, 15) is 9.90 Å². The highest BCUT2D eigenvalue weighted by Gasteiger charge is 2.03. The van der Waals surface area contributed by atoms with Crippen LogP contribution in [0.4, 0.5) is 4.79 Å². The molecule has 0 unspecified atom stereocenters. The quantitative estimate of drug-likeness (QED) is 0.658. The summed E-state index contributed by atoms with van der Waals surface area (Å²) in [5, 5.41) is 10.4. The Bertz CT molecular complexity index is 243. The number of carboxylic acid groups (broad SMARTS) is 1.